The number of ether oxygens (including phenoxy) is 1. The molecule has 0 fully saturated rings. The molecule has 0 spiro atoms. The summed E-state index contributed by atoms with van der Waals surface area (Å²) in [7, 11) is 1.62. The number of para-hydroxylation sites is 2. The molecule has 0 amide bonds. The lowest BCUT2D eigenvalue weighted by Gasteiger charge is -2.03. The standard InChI is InChI=1S/C21H18N6O2S/c1-13-23-19-17(21(28)26(13)9-10-29-2)18-20(25-16-8-4-3-7-15(16)24-18)27(19)22-12-14-6-5-11-30-14/h3-8,11-12H,9-10H2,1-2H3/p+1/b22-12+. The zero-order chi connectivity index (χ0) is 20.7. The Morgan fingerprint density at radius 2 is 2.00 bits per heavy atom. The monoisotopic (exact) mass is 419 g/mol. The van der Waals surface area contributed by atoms with Crippen molar-refractivity contribution in [3.63, 3.8) is 0 Å². The van der Waals surface area contributed by atoms with Crippen LogP contribution in [-0.4, -0.2) is 39.1 Å². The molecule has 5 rings (SSSR count). The molecular weight excluding hydrogens is 400 g/mol. The predicted octanol–water partition coefficient (Wildman–Crippen LogP) is 2.61. The Hall–Kier alpha value is -3.43. The van der Waals surface area contributed by atoms with E-state index in [1.54, 1.807) is 33.9 Å². The van der Waals surface area contributed by atoms with Gasteiger partial charge >= 0.3 is 5.56 Å². The second-order valence-corrected chi connectivity index (χ2v) is 7.82. The van der Waals surface area contributed by atoms with Gasteiger partial charge in [-0.2, -0.15) is 0 Å². The largest absolute Gasteiger partial charge is 0.381 e. The lowest BCUT2D eigenvalue weighted by molar-refractivity contribution is -0.368. The van der Waals surface area contributed by atoms with Gasteiger partial charge in [-0.15, -0.1) is 21.1 Å². The average molecular weight is 419 g/mol. The summed E-state index contributed by atoms with van der Waals surface area (Å²) in [6, 6.07) is 11.6. The van der Waals surface area contributed by atoms with Gasteiger partial charge in [-0.05, 0) is 23.6 Å². The minimum Gasteiger partial charge on any atom is -0.381 e. The second kappa shape index (κ2) is 7.43. The zero-order valence-electron chi connectivity index (χ0n) is 16.5. The van der Waals surface area contributed by atoms with Crippen molar-refractivity contribution in [2.24, 2.45) is 5.10 Å². The molecule has 30 heavy (non-hydrogen) atoms. The van der Waals surface area contributed by atoms with Crippen molar-refractivity contribution in [1.82, 2.24) is 19.2 Å². The summed E-state index contributed by atoms with van der Waals surface area (Å²) in [6.45, 7) is 2.74. The number of methoxy groups -OCH3 is 1. The van der Waals surface area contributed by atoms with E-state index in [9.17, 15) is 4.79 Å². The molecule has 1 aromatic carbocycles. The van der Waals surface area contributed by atoms with Crippen LogP contribution in [0.25, 0.3) is 33.2 Å². The second-order valence-electron chi connectivity index (χ2n) is 6.84. The van der Waals surface area contributed by atoms with Crippen molar-refractivity contribution < 1.29 is 9.72 Å². The summed E-state index contributed by atoms with van der Waals surface area (Å²) >= 11 is 1.59. The minimum absolute atomic E-state index is 0.141. The van der Waals surface area contributed by atoms with Crippen LogP contribution in [0.3, 0.4) is 0 Å². The highest BCUT2D eigenvalue weighted by Gasteiger charge is 2.26. The van der Waals surface area contributed by atoms with E-state index in [4.69, 9.17) is 14.7 Å². The van der Waals surface area contributed by atoms with Gasteiger partial charge in [-0.3, -0.25) is 0 Å². The van der Waals surface area contributed by atoms with Crippen LogP contribution in [0.1, 0.15) is 10.7 Å². The molecule has 4 heterocycles. The number of rotatable bonds is 5. The number of fused-ring (bicyclic) bond motifs is 4. The normalized spacial score (nSPS) is 12.1. The first-order valence-electron chi connectivity index (χ1n) is 9.48. The quantitative estimate of drug-likeness (QED) is 0.410. The Morgan fingerprint density at radius 1 is 1.20 bits per heavy atom. The van der Waals surface area contributed by atoms with Gasteiger partial charge in [0.1, 0.15) is 5.52 Å². The Balaban J connectivity index is 1.87. The summed E-state index contributed by atoms with van der Waals surface area (Å²) in [5.74, 6) is 0.712. The third-order valence-corrected chi connectivity index (χ3v) is 5.77. The maximum absolute atomic E-state index is 13.4. The number of aromatic amines is 1. The Kier molecular flexibility index (Phi) is 4.61. The van der Waals surface area contributed by atoms with Crippen LogP contribution in [0.15, 0.2) is 51.7 Å². The number of aromatic nitrogens is 5. The Morgan fingerprint density at radius 3 is 2.73 bits per heavy atom. The number of thiophene rings is 1. The molecule has 8 nitrogen and oxygen atoms in total. The van der Waals surface area contributed by atoms with E-state index in [2.05, 4.69) is 10.1 Å². The number of aryl methyl sites for hydroxylation is 1. The molecular formula is C21H19N6O2S+. The third kappa shape index (κ3) is 2.99. The summed E-state index contributed by atoms with van der Waals surface area (Å²) in [6.07, 6.45) is 1.76. The van der Waals surface area contributed by atoms with Gasteiger partial charge in [0.25, 0.3) is 5.65 Å². The number of benzene rings is 1. The lowest BCUT2D eigenvalue weighted by atomic mass is 10.3. The number of nitrogens with zero attached hydrogens (tertiary/aromatic N) is 5. The Labute approximate surface area is 175 Å². The van der Waals surface area contributed by atoms with E-state index >= 15 is 0 Å². The summed E-state index contributed by atoms with van der Waals surface area (Å²) in [5.41, 5.74) is 2.97. The van der Waals surface area contributed by atoms with Crippen LogP contribution >= 0.6 is 11.3 Å². The van der Waals surface area contributed by atoms with Gasteiger partial charge in [-0.25, -0.2) is 24.3 Å². The molecule has 9 heteroatoms. The first kappa shape index (κ1) is 18.6. The van der Waals surface area contributed by atoms with Crippen molar-refractivity contribution in [2.75, 3.05) is 13.7 Å². The minimum atomic E-state index is -0.141. The van der Waals surface area contributed by atoms with Gasteiger partial charge in [0.15, 0.2) is 5.39 Å². The number of hydrogen-bond donors (Lipinski definition) is 0. The van der Waals surface area contributed by atoms with Crippen molar-refractivity contribution >= 4 is 50.8 Å². The van der Waals surface area contributed by atoms with E-state index < -0.39 is 0 Å². The summed E-state index contributed by atoms with van der Waals surface area (Å²) in [5, 5.41) is 7.10. The molecule has 0 saturated carbocycles. The number of H-pyrrole nitrogens is 1. The molecule has 4 aromatic heterocycles. The molecule has 0 saturated heterocycles. The third-order valence-electron chi connectivity index (χ3n) is 4.96. The smallest absolute Gasteiger partial charge is 0.323 e. The Bertz CT molecular complexity index is 1470. The molecule has 5 aromatic rings. The van der Waals surface area contributed by atoms with Gasteiger partial charge in [0.2, 0.25) is 11.5 Å². The van der Waals surface area contributed by atoms with Gasteiger partial charge < -0.3 is 4.74 Å². The van der Waals surface area contributed by atoms with Crippen LogP contribution in [-0.2, 0) is 11.3 Å². The van der Waals surface area contributed by atoms with E-state index in [0.717, 1.165) is 15.9 Å². The van der Waals surface area contributed by atoms with Crippen LogP contribution in [0.4, 0.5) is 0 Å². The first-order valence-corrected chi connectivity index (χ1v) is 10.4. The maximum Gasteiger partial charge on any atom is 0.323 e. The number of nitrogens with one attached hydrogen (secondary N) is 1. The van der Waals surface area contributed by atoms with Crippen LogP contribution in [0, 0.1) is 6.92 Å². The zero-order valence-corrected chi connectivity index (χ0v) is 17.3. The predicted molar refractivity (Wildman–Crippen MR) is 117 cm³/mol. The van der Waals surface area contributed by atoms with E-state index in [1.807, 2.05) is 48.7 Å². The summed E-state index contributed by atoms with van der Waals surface area (Å²) in [4.78, 5) is 27.3. The van der Waals surface area contributed by atoms with Gasteiger partial charge in [0, 0.05) is 18.9 Å². The van der Waals surface area contributed by atoms with E-state index in [-0.39, 0.29) is 5.56 Å². The molecule has 0 unspecified atom stereocenters. The van der Waals surface area contributed by atoms with Crippen molar-refractivity contribution in [3.8, 4) is 0 Å². The molecule has 0 aliphatic rings. The average Bonchev–Trinajstić information content (AvgIpc) is 3.36. The highest BCUT2D eigenvalue weighted by atomic mass is 32.1. The van der Waals surface area contributed by atoms with Crippen molar-refractivity contribution in [3.05, 3.63) is 62.8 Å². The van der Waals surface area contributed by atoms with Crippen LogP contribution in [0.5, 0.6) is 0 Å². The summed E-state index contributed by atoms with van der Waals surface area (Å²) < 4.78 is 8.50. The topological polar surface area (TPSA) is 88.4 Å². The molecule has 1 N–H and O–H groups in total. The van der Waals surface area contributed by atoms with Gasteiger partial charge in [0.05, 0.1) is 30.4 Å². The van der Waals surface area contributed by atoms with Crippen molar-refractivity contribution in [2.45, 2.75) is 13.5 Å². The molecule has 150 valence electrons. The fourth-order valence-corrected chi connectivity index (χ4v) is 4.10. The highest BCUT2D eigenvalue weighted by Crippen LogP contribution is 2.24. The van der Waals surface area contributed by atoms with E-state index in [1.165, 1.54) is 0 Å². The SMILES string of the molecule is COCCn1c(C)[nH+]c2c(c1=O)c1nc3ccccc3nc1n2/N=C/c1cccs1. The van der Waals surface area contributed by atoms with Gasteiger partial charge in [-0.1, -0.05) is 18.2 Å². The number of hydrogen-bond acceptors (Lipinski definition) is 6. The molecule has 0 aliphatic carbocycles. The fraction of sp³-hybridized carbons (Fsp3) is 0.190. The first-order chi connectivity index (χ1) is 14.7. The molecule has 0 atom stereocenters. The van der Waals surface area contributed by atoms with E-state index in [0.29, 0.717) is 41.2 Å². The maximum atomic E-state index is 13.4. The highest BCUT2D eigenvalue weighted by molar-refractivity contribution is 7.11. The fourth-order valence-electron chi connectivity index (χ4n) is 3.52. The molecule has 0 bridgehead atoms. The van der Waals surface area contributed by atoms with Crippen LogP contribution in [0.2, 0.25) is 0 Å². The van der Waals surface area contributed by atoms with Crippen LogP contribution < -0.4 is 10.5 Å². The van der Waals surface area contributed by atoms with Crippen molar-refractivity contribution in [1.29, 1.82) is 0 Å². The molecule has 0 radical (unpaired) electrons. The molecule has 0 aliphatic heterocycles. The lowest BCUT2D eigenvalue weighted by Crippen LogP contribution is -2.32.